The summed E-state index contributed by atoms with van der Waals surface area (Å²) in [6.45, 7) is 8.98. The van der Waals surface area contributed by atoms with E-state index in [2.05, 4.69) is 20.8 Å². The zero-order valence-corrected chi connectivity index (χ0v) is 46.7. The topological polar surface area (TPSA) is 88.4 Å². The van der Waals surface area contributed by atoms with E-state index in [1.807, 2.05) is 54.6 Å². The molecule has 5 aromatic carbocycles. The molecule has 3 N–H and O–H groups in total. The monoisotopic (exact) mass is 1030 g/mol. The lowest BCUT2D eigenvalue weighted by atomic mass is 10.1. The van der Waals surface area contributed by atoms with Gasteiger partial charge in [0.15, 0.2) is 0 Å². The minimum absolute atomic E-state index is 0.0145. The Bertz CT molecular complexity index is 2110. The van der Waals surface area contributed by atoms with Crippen molar-refractivity contribution in [1.29, 1.82) is 0 Å². The molecule has 0 saturated heterocycles. The zero-order chi connectivity index (χ0) is 51.7. The summed E-state index contributed by atoms with van der Waals surface area (Å²) in [5, 5.41) is 33.5. The van der Waals surface area contributed by atoms with E-state index >= 15 is 0 Å². The van der Waals surface area contributed by atoms with E-state index in [-0.39, 0.29) is 10.8 Å². The van der Waals surface area contributed by atoms with Crippen LogP contribution in [0.2, 0.25) is 10.0 Å². The maximum absolute atomic E-state index is 9.90. The van der Waals surface area contributed by atoms with Gasteiger partial charge in [-0.15, -0.1) is 0 Å². The summed E-state index contributed by atoms with van der Waals surface area (Å²) in [6.07, 6.45) is 42.6. The summed E-state index contributed by atoms with van der Waals surface area (Å²) in [5.74, 6) is 2.95. The molecule has 72 heavy (non-hydrogen) atoms. The van der Waals surface area contributed by atoms with Crippen molar-refractivity contribution in [3.63, 3.8) is 0 Å². The smallest absolute Gasteiger partial charge is 0.139 e. The number of hydrogen-bond acceptors (Lipinski definition) is 6. The molecule has 5 aromatic rings. The van der Waals surface area contributed by atoms with E-state index < -0.39 is 0 Å². The van der Waals surface area contributed by atoms with Gasteiger partial charge in [0.25, 0.3) is 0 Å². The molecule has 6 nitrogen and oxygen atoms in total. The fraction of sp³-hybridized carbons (Fsp3) is 0.594. The third-order valence-electron chi connectivity index (χ3n) is 13.4. The molecule has 0 radical (unpaired) electrons. The van der Waals surface area contributed by atoms with Crippen LogP contribution in [0.4, 0.5) is 0 Å². The number of halogens is 2. The number of benzene rings is 5. The summed E-state index contributed by atoms with van der Waals surface area (Å²) in [7, 11) is 0. The number of unbranched alkanes of at least 4 members (excludes halogenated alkanes) is 29. The number of phenols is 3. The van der Waals surface area contributed by atoms with Crippen molar-refractivity contribution < 1.29 is 29.5 Å². The molecule has 0 heterocycles. The minimum Gasteiger partial charge on any atom is -0.508 e. The molecule has 0 aliphatic carbocycles. The minimum atomic E-state index is -0.0145. The first-order chi connectivity index (χ1) is 35.3. The predicted octanol–water partition coefficient (Wildman–Crippen LogP) is 21.5. The summed E-state index contributed by atoms with van der Waals surface area (Å²) < 4.78 is 17.4. The summed E-state index contributed by atoms with van der Waals surface area (Å²) >= 11 is 11.9. The molecule has 0 aliphatic heterocycles. The first-order valence-corrected chi connectivity index (χ1v) is 29.5. The number of fused-ring (bicyclic) bond motifs is 2. The predicted molar refractivity (Wildman–Crippen MR) is 311 cm³/mol. The molecule has 0 saturated carbocycles. The highest BCUT2D eigenvalue weighted by molar-refractivity contribution is 6.35. The lowest BCUT2D eigenvalue weighted by molar-refractivity contribution is 0.304. The molecule has 0 amide bonds. The Labute approximate surface area is 447 Å². The van der Waals surface area contributed by atoms with Crippen LogP contribution in [-0.4, -0.2) is 35.1 Å². The molecular formula is C64H96Cl2O6. The Morgan fingerprint density at radius 3 is 1.22 bits per heavy atom. The molecule has 0 aromatic heterocycles. The van der Waals surface area contributed by atoms with Crippen LogP contribution < -0.4 is 14.2 Å². The first kappa shape index (κ1) is 62.3. The van der Waals surface area contributed by atoms with Gasteiger partial charge in [-0.3, -0.25) is 0 Å². The van der Waals surface area contributed by atoms with Crippen molar-refractivity contribution in [2.75, 3.05) is 19.8 Å². The maximum atomic E-state index is 9.90. The number of phenolic OH excluding ortho intramolecular Hbond substituents is 3. The molecule has 0 atom stereocenters. The fourth-order valence-electron chi connectivity index (χ4n) is 8.99. The fourth-order valence-corrected chi connectivity index (χ4v) is 9.35. The molecule has 402 valence electrons. The molecule has 5 rings (SSSR count). The summed E-state index contributed by atoms with van der Waals surface area (Å²) in [6, 6.07) is 25.9. The van der Waals surface area contributed by atoms with Crippen LogP contribution >= 0.6 is 23.2 Å². The Kier molecular flexibility index (Phi) is 35.8. The molecule has 0 unspecified atom stereocenters. The van der Waals surface area contributed by atoms with E-state index in [0.29, 0.717) is 28.9 Å². The van der Waals surface area contributed by atoms with E-state index in [1.54, 1.807) is 24.3 Å². The van der Waals surface area contributed by atoms with E-state index in [4.69, 9.17) is 37.4 Å². The van der Waals surface area contributed by atoms with E-state index in [1.165, 1.54) is 192 Å². The standard InChI is InChI=1S/2C22H32O2.C20H32Cl2O2/c1-2-3-4-5-6-7-8-9-10-13-18-24-22-17-16-21(23)19-14-11-12-15-20(19)22;1-2-3-4-5-6-7-8-9-10-11-16-24-22-15-13-19-17-21(23)14-12-20(19)18-22;1-2-3-4-5-6-7-8-9-10-11-12-13-14-24-20-16-17(21)19(23)15-18(20)22/h11-12,14-17,23H,2-10,13,18H2,1H3;12-15,17-18,23H,2-11,16H2,1H3;15-16,23H,2-14H2,1H3. The van der Waals surface area contributed by atoms with Gasteiger partial charge in [0.2, 0.25) is 0 Å². The van der Waals surface area contributed by atoms with Crippen molar-refractivity contribution in [1.82, 2.24) is 0 Å². The van der Waals surface area contributed by atoms with Crippen LogP contribution in [0.3, 0.4) is 0 Å². The number of ether oxygens (including phenoxy) is 3. The van der Waals surface area contributed by atoms with Crippen LogP contribution in [0.5, 0.6) is 34.5 Å². The van der Waals surface area contributed by atoms with Crippen molar-refractivity contribution in [2.24, 2.45) is 0 Å². The van der Waals surface area contributed by atoms with Gasteiger partial charge in [0.05, 0.1) is 29.9 Å². The van der Waals surface area contributed by atoms with Gasteiger partial charge in [-0.25, -0.2) is 0 Å². The molecular weight excluding hydrogens is 936 g/mol. The Hall–Kier alpha value is -4.00. The van der Waals surface area contributed by atoms with Crippen molar-refractivity contribution >= 4 is 44.7 Å². The van der Waals surface area contributed by atoms with Crippen molar-refractivity contribution in [3.8, 4) is 34.5 Å². The Morgan fingerprint density at radius 1 is 0.333 bits per heavy atom. The average Bonchev–Trinajstić information content (AvgIpc) is 3.38. The van der Waals surface area contributed by atoms with Crippen LogP contribution in [0, 0.1) is 0 Å². The van der Waals surface area contributed by atoms with Gasteiger partial charge in [-0.1, -0.05) is 267 Å². The largest absolute Gasteiger partial charge is 0.508 e. The SMILES string of the molecule is CCCCCCCCCCCCCCOc1cc(Cl)c(O)cc1Cl.CCCCCCCCCCCCOc1ccc(O)c2ccccc12.CCCCCCCCCCCCOc1ccc2cc(O)ccc2c1. The van der Waals surface area contributed by atoms with Crippen molar-refractivity contribution in [2.45, 2.75) is 226 Å². The van der Waals surface area contributed by atoms with Crippen LogP contribution in [0.15, 0.2) is 84.9 Å². The highest BCUT2D eigenvalue weighted by atomic mass is 35.5. The summed E-state index contributed by atoms with van der Waals surface area (Å²) in [5.41, 5.74) is 0. The highest BCUT2D eigenvalue weighted by Gasteiger charge is 2.08. The normalized spacial score (nSPS) is 11.0. The van der Waals surface area contributed by atoms with Gasteiger partial charge < -0.3 is 29.5 Å². The third kappa shape index (κ3) is 28.5. The van der Waals surface area contributed by atoms with Gasteiger partial charge in [-0.05, 0) is 66.4 Å². The number of hydrogen-bond donors (Lipinski definition) is 3. The lowest BCUT2D eigenvalue weighted by Gasteiger charge is -2.10. The molecule has 0 spiro atoms. The first-order valence-electron chi connectivity index (χ1n) is 28.8. The quantitative estimate of drug-likeness (QED) is 0.0342. The molecule has 0 bridgehead atoms. The molecule has 0 fully saturated rings. The lowest BCUT2D eigenvalue weighted by Crippen LogP contribution is -1.98. The maximum Gasteiger partial charge on any atom is 0.139 e. The van der Waals surface area contributed by atoms with Gasteiger partial charge in [-0.2, -0.15) is 0 Å². The van der Waals surface area contributed by atoms with Crippen LogP contribution in [0.25, 0.3) is 21.5 Å². The van der Waals surface area contributed by atoms with E-state index in [9.17, 15) is 15.3 Å². The van der Waals surface area contributed by atoms with Crippen molar-refractivity contribution in [3.05, 3.63) is 95.0 Å². The van der Waals surface area contributed by atoms with Crippen LogP contribution in [0.1, 0.15) is 226 Å². The second-order valence-electron chi connectivity index (χ2n) is 19.9. The van der Waals surface area contributed by atoms with Gasteiger partial charge >= 0.3 is 0 Å². The Balaban J connectivity index is 0.000000285. The third-order valence-corrected chi connectivity index (χ3v) is 14.0. The second-order valence-corrected chi connectivity index (χ2v) is 20.7. The van der Waals surface area contributed by atoms with Crippen LogP contribution in [-0.2, 0) is 0 Å². The van der Waals surface area contributed by atoms with Gasteiger partial charge in [0.1, 0.15) is 34.5 Å². The summed E-state index contributed by atoms with van der Waals surface area (Å²) in [4.78, 5) is 0. The van der Waals surface area contributed by atoms with E-state index in [0.717, 1.165) is 65.5 Å². The Morgan fingerprint density at radius 2 is 0.736 bits per heavy atom. The second kappa shape index (κ2) is 41.4. The zero-order valence-electron chi connectivity index (χ0n) is 45.2. The highest BCUT2D eigenvalue weighted by Crippen LogP contribution is 2.35. The average molecular weight is 1030 g/mol. The van der Waals surface area contributed by atoms with Gasteiger partial charge in [0, 0.05) is 22.9 Å². The number of rotatable bonds is 38. The molecule has 8 heteroatoms. The molecule has 0 aliphatic rings. The number of aromatic hydroxyl groups is 3.